The number of likely N-dealkylation sites (tertiary alicyclic amines) is 1. The van der Waals surface area contributed by atoms with Crippen molar-refractivity contribution in [3.05, 3.63) is 65.5 Å². The summed E-state index contributed by atoms with van der Waals surface area (Å²) >= 11 is 0. The lowest BCUT2D eigenvalue weighted by Gasteiger charge is -2.38. The van der Waals surface area contributed by atoms with Crippen LogP contribution in [0, 0.1) is 6.92 Å². The fourth-order valence-electron chi connectivity index (χ4n) is 3.53. The number of nitrogens with zero attached hydrogens (tertiary/aromatic N) is 2. The van der Waals surface area contributed by atoms with Crippen LogP contribution in [0.2, 0.25) is 0 Å². The number of amides is 1. The highest BCUT2D eigenvalue weighted by Gasteiger charge is 2.36. The molecule has 2 heterocycles. The Morgan fingerprint density at radius 1 is 1.12 bits per heavy atom. The van der Waals surface area contributed by atoms with Gasteiger partial charge in [0.05, 0.1) is 5.69 Å². The SMILES string of the molecule is Cc1ccc(C2(O)CCN(C(=O)CCCCc3ccccc3)CC2)nc1. The van der Waals surface area contributed by atoms with Crippen LogP contribution in [0.15, 0.2) is 48.7 Å². The lowest BCUT2D eigenvalue weighted by Crippen LogP contribution is -2.45. The Balaban J connectivity index is 1.42. The fraction of sp³-hybridized carbons (Fsp3) is 0.455. The zero-order valence-electron chi connectivity index (χ0n) is 15.5. The summed E-state index contributed by atoms with van der Waals surface area (Å²) in [5.41, 5.74) is 2.23. The van der Waals surface area contributed by atoms with Gasteiger partial charge in [-0.15, -0.1) is 0 Å². The molecule has 1 aliphatic rings. The van der Waals surface area contributed by atoms with Crippen molar-refractivity contribution in [2.45, 2.75) is 51.0 Å². The van der Waals surface area contributed by atoms with Crippen LogP contribution in [0.1, 0.15) is 48.9 Å². The normalized spacial score (nSPS) is 16.5. The van der Waals surface area contributed by atoms with E-state index in [1.165, 1.54) is 5.56 Å². The van der Waals surface area contributed by atoms with Crippen molar-refractivity contribution < 1.29 is 9.90 Å². The molecule has 0 bridgehead atoms. The molecule has 4 nitrogen and oxygen atoms in total. The minimum absolute atomic E-state index is 0.206. The van der Waals surface area contributed by atoms with E-state index in [0.717, 1.165) is 30.5 Å². The number of hydrogen-bond acceptors (Lipinski definition) is 3. The van der Waals surface area contributed by atoms with Crippen molar-refractivity contribution in [1.29, 1.82) is 0 Å². The van der Waals surface area contributed by atoms with Crippen LogP contribution in [-0.2, 0) is 16.8 Å². The fourth-order valence-corrected chi connectivity index (χ4v) is 3.53. The van der Waals surface area contributed by atoms with Gasteiger partial charge in [0.15, 0.2) is 0 Å². The van der Waals surface area contributed by atoms with Gasteiger partial charge in [-0.05, 0) is 56.2 Å². The number of unbranched alkanes of at least 4 members (excludes halogenated alkanes) is 1. The Bertz CT molecular complexity index is 705. The maximum atomic E-state index is 12.4. The van der Waals surface area contributed by atoms with E-state index in [1.807, 2.05) is 30.0 Å². The van der Waals surface area contributed by atoms with Crippen molar-refractivity contribution in [3.63, 3.8) is 0 Å². The first-order valence-electron chi connectivity index (χ1n) is 9.54. The third-order valence-electron chi connectivity index (χ3n) is 5.28. The number of rotatable bonds is 6. The minimum atomic E-state index is -0.905. The van der Waals surface area contributed by atoms with Crippen molar-refractivity contribution in [3.8, 4) is 0 Å². The van der Waals surface area contributed by atoms with Crippen LogP contribution in [-0.4, -0.2) is 34.0 Å². The maximum absolute atomic E-state index is 12.4. The molecule has 1 aliphatic heterocycles. The summed E-state index contributed by atoms with van der Waals surface area (Å²) < 4.78 is 0. The molecule has 0 aliphatic carbocycles. The second-order valence-corrected chi connectivity index (χ2v) is 7.33. The summed E-state index contributed by atoms with van der Waals surface area (Å²) in [6.07, 6.45) is 6.45. The second-order valence-electron chi connectivity index (χ2n) is 7.33. The third kappa shape index (κ3) is 4.70. The van der Waals surface area contributed by atoms with Gasteiger partial charge in [-0.2, -0.15) is 0 Å². The van der Waals surface area contributed by atoms with Crippen molar-refractivity contribution >= 4 is 5.91 Å². The summed E-state index contributed by atoms with van der Waals surface area (Å²) in [6, 6.07) is 14.3. The highest BCUT2D eigenvalue weighted by Crippen LogP contribution is 2.31. The van der Waals surface area contributed by atoms with E-state index in [-0.39, 0.29) is 5.91 Å². The molecule has 4 heteroatoms. The van der Waals surface area contributed by atoms with E-state index < -0.39 is 5.60 Å². The average Bonchev–Trinajstić information content (AvgIpc) is 2.67. The molecule has 0 unspecified atom stereocenters. The summed E-state index contributed by atoms with van der Waals surface area (Å²) in [7, 11) is 0. The molecule has 1 aromatic carbocycles. The molecule has 3 rings (SSSR count). The van der Waals surface area contributed by atoms with Gasteiger partial charge in [-0.1, -0.05) is 36.4 Å². The van der Waals surface area contributed by atoms with Crippen molar-refractivity contribution in [1.82, 2.24) is 9.88 Å². The Labute approximate surface area is 155 Å². The molecule has 0 atom stereocenters. The van der Waals surface area contributed by atoms with Gasteiger partial charge < -0.3 is 10.0 Å². The van der Waals surface area contributed by atoms with E-state index in [0.29, 0.717) is 32.4 Å². The molecular formula is C22H28N2O2. The number of benzene rings is 1. The Hall–Kier alpha value is -2.20. The highest BCUT2D eigenvalue weighted by atomic mass is 16.3. The molecule has 1 fully saturated rings. The van der Waals surface area contributed by atoms with E-state index in [9.17, 15) is 9.90 Å². The van der Waals surface area contributed by atoms with Crippen LogP contribution in [0.25, 0.3) is 0 Å². The standard InChI is InChI=1S/C22H28N2O2/c1-18-11-12-20(23-17-18)22(26)13-15-24(16-14-22)21(25)10-6-5-9-19-7-3-2-4-8-19/h2-4,7-8,11-12,17,26H,5-6,9-10,13-16H2,1H3. The van der Waals surface area contributed by atoms with Gasteiger partial charge in [0, 0.05) is 25.7 Å². The van der Waals surface area contributed by atoms with E-state index in [4.69, 9.17) is 0 Å². The quantitative estimate of drug-likeness (QED) is 0.808. The zero-order valence-corrected chi connectivity index (χ0v) is 15.5. The molecule has 1 N–H and O–H groups in total. The number of pyridine rings is 1. The predicted molar refractivity (Wildman–Crippen MR) is 103 cm³/mol. The third-order valence-corrected chi connectivity index (χ3v) is 5.28. The molecule has 1 aromatic heterocycles. The molecule has 138 valence electrons. The molecular weight excluding hydrogens is 324 g/mol. The molecule has 1 amide bonds. The lowest BCUT2D eigenvalue weighted by molar-refractivity contribution is -0.136. The molecule has 0 radical (unpaired) electrons. The largest absolute Gasteiger partial charge is 0.383 e. The number of aromatic nitrogens is 1. The molecule has 0 saturated carbocycles. The van der Waals surface area contributed by atoms with Crippen molar-refractivity contribution in [2.24, 2.45) is 0 Å². The Morgan fingerprint density at radius 2 is 1.85 bits per heavy atom. The summed E-state index contributed by atoms with van der Waals surface area (Å²) in [5, 5.41) is 10.9. The van der Waals surface area contributed by atoms with E-state index in [2.05, 4.69) is 29.2 Å². The Kier molecular flexibility index (Phi) is 6.04. The van der Waals surface area contributed by atoms with Crippen LogP contribution in [0.4, 0.5) is 0 Å². The van der Waals surface area contributed by atoms with Crippen LogP contribution in [0.5, 0.6) is 0 Å². The summed E-state index contributed by atoms with van der Waals surface area (Å²) in [4.78, 5) is 18.7. The Morgan fingerprint density at radius 3 is 2.50 bits per heavy atom. The van der Waals surface area contributed by atoms with Crippen LogP contribution < -0.4 is 0 Å². The predicted octanol–water partition coefficient (Wildman–Crippen LogP) is 3.61. The van der Waals surface area contributed by atoms with E-state index in [1.54, 1.807) is 6.20 Å². The zero-order chi connectivity index (χ0) is 18.4. The monoisotopic (exact) mass is 352 g/mol. The molecule has 0 spiro atoms. The van der Waals surface area contributed by atoms with E-state index >= 15 is 0 Å². The first kappa shape index (κ1) is 18.6. The average molecular weight is 352 g/mol. The van der Waals surface area contributed by atoms with Gasteiger partial charge in [0.25, 0.3) is 0 Å². The number of piperidine rings is 1. The van der Waals surface area contributed by atoms with Crippen LogP contribution in [0.3, 0.4) is 0 Å². The second kappa shape index (κ2) is 8.45. The number of carbonyl (C=O) groups is 1. The molecule has 1 saturated heterocycles. The van der Waals surface area contributed by atoms with Crippen LogP contribution >= 0.6 is 0 Å². The van der Waals surface area contributed by atoms with Gasteiger partial charge in [0.2, 0.25) is 5.91 Å². The molecule has 2 aromatic rings. The first-order chi connectivity index (χ1) is 12.6. The smallest absolute Gasteiger partial charge is 0.222 e. The summed E-state index contributed by atoms with van der Waals surface area (Å²) in [5.74, 6) is 0.206. The van der Waals surface area contributed by atoms with Gasteiger partial charge in [0.1, 0.15) is 5.60 Å². The van der Waals surface area contributed by atoms with Crippen molar-refractivity contribution in [2.75, 3.05) is 13.1 Å². The highest BCUT2D eigenvalue weighted by molar-refractivity contribution is 5.76. The van der Waals surface area contributed by atoms with Gasteiger partial charge >= 0.3 is 0 Å². The number of aliphatic hydroxyl groups is 1. The number of aryl methyl sites for hydroxylation is 2. The topological polar surface area (TPSA) is 53.4 Å². The lowest BCUT2D eigenvalue weighted by atomic mass is 9.87. The van der Waals surface area contributed by atoms with Gasteiger partial charge in [-0.3, -0.25) is 9.78 Å². The summed E-state index contributed by atoms with van der Waals surface area (Å²) in [6.45, 7) is 3.19. The number of hydrogen-bond donors (Lipinski definition) is 1. The molecule has 26 heavy (non-hydrogen) atoms. The maximum Gasteiger partial charge on any atom is 0.222 e. The van der Waals surface area contributed by atoms with Gasteiger partial charge in [-0.25, -0.2) is 0 Å². The minimum Gasteiger partial charge on any atom is -0.383 e. The first-order valence-corrected chi connectivity index (χ1v) is 9.54. The number of carbonyl (C=O) groups excluding carboxylic acids is 1.